The minimum absolute atomic E-state index is 0.153. The van der Waals surface area contributed by atoms with E-state index >= 15 is 0 Å². The molecule has 1 aromatic carbocycles. The Kier molecular flexibility index (Phi) is 5.14. The molecular formula is C20H25N3O4S. The molecule has 2 aromatic rings. The molecule has 3 N–H and O–H groups in total. The zero-order valence-corrected chi connectivity index (χ0v) is 16.9. The van der Waals surface area contributed by atoms with Gasteiger partial charge in [-0.2, -0.15) is 0 Å². The predicted molar refractivity (Wildman–Crippen MR) is 110 cm³/mol. The molecule has 1 aliphatic heterocycles. The number of aromatic amines is 1. The molecule has 0 unspecified atom stereocenters. The van der Waals surface area contributed by atoms with E-state index in [0.717, 1.165) is 30.7 Å². The Balaban J connectivity index is 1.82. The lowest BCUT2D eigenvalue weighted by atomic mass is 10.0. The van der Waals surface area contributed by atoms with Gasteiger partial charge in [-0.15, -0.1) is 0 Å². The highest BCUT2D eigenvalue weighted by Crippen LogP contribution is 2.48. The molecule has 150 valence electrons. The van der Waals surface area contributed by atoms with Gasteiger partial charge in [0.2, 0.25) is 5.75 Å². The number of aliphatic imine (C=N–C) groups is 1. The number of thioether (sulfide) groups is 1. The molecule has 8 heteroatoms. The van der Waals surface area contributed by atoms with Crippen molar-refractivity contribution in [2.45, 2.75) is 56.7 Å². The van der Waals surface area contributed by atoms with Gasteiger partial charge in [0.05, 0.1) is 29.0 Å². The number of nitrogens with zero attached hydrogens (tertiary/aromatic N) is 2. The molecule has 0 spiro atoms. The summed E-state index contributed by atoms with van der Waals surface area (Å²) >= 11 is 1.46. The standard InChI is InChI=1S/C20H25N3O4S/c1-11-21-19-16(20(26)22-23(19)13-7-5-3-4-6-8-13)18(28-11)12-9-14(24)17(25)15(10-12)27-2/h9-10,13,18,24-25H,3-8H2,1-2H3,(H,22,26)/t18-/m1/s1. The van der Waals surface area contributed by atoms with Gasteiger partial charge in [-0.1, -0.05) is 37.4 Å². The molecule has 0 amide bonds. The molecule has 7 nitrogen and oxygen atoms in total. The largest absolute Gasteiger partial charge is 0.504 e. The van der Waals surface area contributed by atoms with Crippen molar-refractivity contribution in [1.29, 1.82) is 0 Å². The van der Waals surface area contributed by atoms with E-state index in [2.05, 4.69) is 5.10 Å². The Labute approximate surface area is 167 Å². The van der Waals surface area contributed by atoms with Gasteiger partial charge in [0.25, 0.3) is 5.56 Å². The van der Waals surface area contributed by atoms with Crippen molar-refractivity contribution in [1.82, 2.24) is 9.78 Å². The number of ether oxygens (including phenoxy) is 1. The summed E-state index contributed by atoms with van der Waals surface area (Å²) in [5.41, 5.74) is 1.13. The number of phenolic OH excluding ortho intramolecular Hbond substituents is 2. The second-order valence-electron chi connectivity index (χ2n) is 7.41. The minimum atomic E-state index is -0.330. The van der Waals surface area contributed by atoms with Crippen LogP contribution in [0.3, 0.4) is 0 Å². The lowest BCUT2D eigenvalue weighted by molar-refractivity contribution is 0.350. The zero-order chi connectivity index (χ0) is 19.8. The van der Waals surface area contributed by atoms with E-state index in [1.807, 2.05) is 11.6 Å². The van der Waals surface area contributed by atoms with E-state index in [4.69, 9.17) is 9.73 Å². The Morgan fingerprint density at radius 1 is 1.21 bits per heavy atom. The van der Waals surface area contributed by atoms with Crippen LogP contribution in [0.5, 0.6) is 17.2 Å². The number of aromatic nitrogens is 2. The van der Waals surface area contributed by atoms with Crippen molar-refractivity contribution < 1.29 is 14.9 Å². The first-order chi connectivity index (χ1) is 13.5. The van der Waals surface area contributed by atoms with Crippen LogP contribution in [0.1, 0.15) is 67.9 Å². The second kappa shape index (κ2) is 7.58. The van der Waals surface area contributed by atoms with Crippen LogP contribution >= 0.6 is 11.8 Å². The molecule has 1 fully saturated rings. The number of phenols is 2. The second-order valence-corrected chi connectivity index (χ2v) is 8.71. The highest BCUT2D eigenvalue weighted by molar-refractivity contribution is 8.14. The van der Waals surface area contributed by atoms with Crippen LogP contribution in [-0.2, 0) is 0 Å². The van der Waals surface area contributed by atoms with Gasteiger partial charge in [0.15, 0.2) is 17.3 Å². The number of hydrogen-bond donors (Lipinski definition) is 3. The lowest BCUT2D eigenvalue weighted by Gasteiger charge is -2.23. The summed E-state index contributed by atoms with van der Waals surface area (Å²) in [6, 6.07) is 3.40. The Morgan fingerprint density at radius 2 is 1.93 bits per heavy atom. The number of nitrogens with one attached hydrogen (secondary N) is 1. The fourth-order valence-corrected chi connectivity index (χ4v) is 5.23. The number of aromatic hydroxyl groups is 2. The average molecular weight is 404 g/mol. The van der Waals surface area contributed by atoms with E-state index in [1.165, 1.54) is 37.8 Å². The monoisotopic (exact) mass is 403 g/mol. The molecule has 1 aromatic heterocycles. The van der Waals surface area contributed by atoms with Crippen LogP contribution in [-0.4, -0.2) is 32.1 Å². The molecule has 4 rings (SSSR count). The van der Waals surface area contributed by atoms with Crippen molar-refractivity contribution in [3.8, 4) is 17.2 Å². The van der Waals surface area contributed by atoms with Crippen molar-refractivity contribution >= 4 is 22.6 Å². The topological polar surface area (TPSA) is 99.8 Å². The summed E-state index contributed by atoms with van der Waals surface area (Å²) in [6.07, 6.45) is 6.86. The Bertz CT molecular complexity index is 971. The summed E-state index contributed by atoms with van der Waals surface area (Å²) in [4.78, 5) is 17.6. The van der Waals surface area contributed by atoms with Crippen LogP contribution in [0.2, 0.25) is 0 Å². The Hall–Kier alpha value is -2.35. The summed E-state index contributed by atoms with van der Waals surface area (Å²) in [7, 11) is 1.43. The molecular weight excluding hydrogens is 378 g/mol. The highest BCUT2D eigenvalue weighted by atomic mass is 32.2. The van der Waals surface area contributed by atoms with Crippen LogP contribution in [0.4, 0.5) is 5.82 Å². The van der Waals surface area contributed by atoms with Crippen LogP contribution in [0.25, 0.3) is 0 Å². The van der Waals surface area contributed by atoms with Gasteiger partial charge >= 0.3 is 0 Å². The molecule has 1 atom stereocenters. The van der Waals surface area contributed by atoms with E-state index in [0.29, 0.717) is 16.9 Å². The normalized spacial score (nSPS) is 20.4. The van der Waals surface area contributed by atoms with Gasteiger partial charge in [-0.05, 0) is 37.5 Å². The molecule has 1 saturated carbocycles. The fraction of sp³-hybridized carbons (Fsp3) is 0.500. The van der Waals surface area contributed by atoms with Crippen molar-refractivity contribution in [3.05, 3.63) is 33.6 Å². The van der Waals surface area contributed by atoms with Crippen LogP contribution in [0.15, 0.2) is 21.9 Å². The summed E-state index contributed by atoms with van der Waals surface area (Å²) in [5.74, 6) is 0.292. The SMILES string of the molecule is COc1cc([C@H]2SC(C)=Nc3c2c(=O)[nH]n3C2CCCCCC2)cc(O)c1O. The smallest absolute Gasteiger partial charge is 0.271 e. The van der Waals surface area contributed by atoms with Crippen molar-refractivity contribution in [3.63, 3.8) is 0 Å². The number of methoxy groups -OCH3 is 1. The minimum Gasteiger partial charge on any atom is -0.504 e. The van der Waals surface area contributed by atoms with E-state index in [1.54, 1.807) is 6.07 Å². The summed E-state index contributed by atoms with van der Waals surface area (Å²) in [5, 5.41) is 23.6. The first-order valence-corrected chi connectivity index (χ1v) is 10.5. The van der Waals surface area contributed by atoms with Crippen molar-refractivity contribution in [2.75, 3.05) is 7.11 Å². The number of H-pyrrole nitrogens is 1. The quantitative estimate of drug-likeness (QED) is 0.522. The summed E-state index contributed by atoms with van der Waals surface area (Å²) < 4.78 is 7.13. The maximum Gasteiger partial charge on any atom is 0.271 e. The van der Waals surface area contributed by atoms with Gasteiger partial charge in [-0.3, -0.25) is 14.6 Å². The number of hydrogen-bond acceptors (Lipinski definition) is 6. The Morgan fingerprint density at radius 3 is 2.61 bits per heavy atom. The molecule has 0 bridgehead atoms. The predicted octanol–water partition coefficient (Wildman–Crippen LogP) is 4.38. The highest BCUT2D eigenvalue weighted by Gasteiger charge is 2.33. The van der Waals surface area contributed by atoms with E-state index in [9.17, 15) is 15.0 Å². The first kappa shape index (κ1) is 19.0. The third-order valence-electron chi connectivity index (χ3n) is 5.54. The summed E-state index contributed by atoms with van der Waals surface area (Å²) in [6.45, 7) is 1.92. The van der Waals surface area contributed by atoms with Gasteiger partial charge < -0.3 is 14.9 Å². The molecule has 0 saturated heterocycles. The number of rotatable bonds is 3. The van der Waals surface area contributed by atoms with E-state index in [-0.39, 0.29) is 34.1 Å². The van der Waals surface area contributed by atoms with Crippen LogP contribution < -0.4 is 10.3 Å². The van der Waals surface area contributed by atoms with E-state index < -0.39 is 0 Å². The zero-order valence-electron chi connectivity index (χ0n) is 16.1. The molecule has 0 radical (unpaired) electrons. The molecule has 28 heavy (non-hydrogen) atoms. The maximum absolute atomic E-state index is 12.9. The fourth-order valence-electron chi connectivity index (χ4n) is 4.15. The maximum atomic E-state index is 12.9. The average Bonchev–Trinajstić information content (AvgIpc) is 2.86. The third-order valence-corrected chi connectivity index (χ3v) is 6.72. The first-order valence-electron chi connectivity index (χ1n) is 9.65. The number of fused-ring (bicyclic) bond motifs is 1. The van der Waals surface area contributed by atoms with Gasteiger partial charge in [-0.25, -0.2) is 4.99 Å². The van der Waals surface area contributed by atoms with Crippen molar-refractivity contribution in [2.24, 2.45) is 4.99 Å². The lowest BCUT2D eigenvalue weighted by Crippen LogP contribution is -2.14. The molecule has 2 heterocycles. The van der Waals surface area contributed by atoms with Crippen LogP contribution in [0, 0.1) is 0 Å². The number of benzene rings is 1. The molecule has 2 aliphatic rings. The molecule has 1 aliphatic carbocycles. The third kappa shape index (κ3) is 3.30. The van der Waals surface area contributed by atoms with Gasteiger partial charge in [0.1, 0.15) is 0 Å². The van der Waals surface area contributed by atoms with Gasteiger partial charge in [0, 0.05) is 0 Å².